The Hall–Kier alpha value is -5.74. The largest absolute Gasteiger partial charge is 0.481 e. The molecule has 6 atom stereocenters. The van der Waals surface area contributed by atoms with E-state index in [4.69, 9.17) is 28.7 Å². The maximum atomic E-state index is 13.8. The molecule has 6 unspecified atom stereocenters. The van der Waals surface area contributed by atoms with Crippen LogP contribution in [0, 0.1) is 11.8 Å². The average Bonchev–Trinajstić information content (AvgIpc) is 3.62. The molecule has 0 aromatic carbocycles. The van der Waals surface area contributed by atoms with E-state index in [9.17, 15) is 48.6 Å². The molecule has 322 valence electrons. The molecule has 1 rings (SSSR count). The molecule has 1 fully saturated rings. The fraction of sp³-hybridized carbons (Fsp3) is 0.706. The molecule has 23 nitrogen and oxygen atoms in total. The summed E-state index contributed by atoms with van der Waals surface area (Å²) in [5, 5.41) is 31.6. The standard InChI is InChI=1S/C34H61N13O10/c1-17(2)25(30(54)43-20(11-12-24(49)50)27(51)44-21(32(56)57)9-6-14-41-34(38)39)46-31(55)26(18(3)4)45-28(52)19(8-5-13-40-33(36)37)42-29(53)22-10-7-15-47(22)23(48)16-35/h17-22,25-26H,5-16,35H2,1-4H3,(H,42,53)(H,43,54)(H,44,51)(H,45,52)(H,46,55)(H,49,50)(H,56,57)(H4,36,37,40)(H4,38,39,41). The van der Waals surface area contributed by atoms with Crippen molar-refractivity contribution in [2.24, 2.45) is 50.5 Å². The Kier molecular flexibility index (Phi) is 21.4. The van der Waals surface area contributed by atoms with Crippen molar-refractivity contribution in [1.82, 2.24) is 31.5 Å². The Morgan fingerprint density at radius 2 is 1.12 bits per heavy atom. The molecule has 0 bridgehead atoms. The summed E-state index contributed by atoms with van der Waals surface area (Å²) in [7, 11) is 0. The van der Waals surface area contributed by atoms with Crippen molar-refractivity contribution in [3.05, 3.63) is 0 Å². The lowest BCUT2D eigenvalue weighted by molar-refractivity contribution is -0.143. The maximum absolute atomic E-state index is 13.8. The molecule has 57 heavy (non-hydrogen) atoms. The summed E-state index contributed by atoms with van der Waals surface area (Å²) < 4.78 is 0. The van der Waals surface area contributed by atoms with Crippen LogP contribution in [-0.4, -0.2) is 137 Å². The van der Waals surface area contributed by atoms with Gasteiger partial charge in [-0.3, -0.25) is 43.5 Å². The Morgan fingerprint density at radius 1 is 0.667 bits per heavy atom. The molecule has 17 N–H and O–H groups in total. The normalized spacial score (nSPS) is 16.3. The Morgan fingerprint density at radius 3 is 1.60 bits per heavy atom. The Balaban J connectivity index is 3.23. The number of nitrogens with one attached hydrogen (secondary N) is 5. The first-order chi connectivity index (χ1) is 26.7. The zero-order valence-electron chi connectivity index (χ0n) is 33.0. The number of carbonyl (C=O) groups is 8. The number of aliphatic carboxylic acids is 2. The first-order valence-electron chi connectivity index (χ1n) is 18.8. The number of carbonyl (C=O) groups excluding carboxylic acids is 6. The number of rotatable bonds is 25. The molecule has 23 heteroatoms. The number of hydrogen-bond donors (Lipinski definition) is 12. The summed E-state index contributed by atoms with van der Waals surface area (Å²) in [5.41, 5.74) is 26.9. The minimum atomic E-state index is -1.51. The van der Waals surface area contributed by atoms with Gasteiger partial charge in [0.15, 0.2) is 11.9 Å². The van der Waals surface area contributed by atoms with Crippen LogP contribution in [0.3, 0.4) is 0 Å². The van der Waals surface area contributed by atoms with E-state index in [0.717, 1.165) is 0 Å². The van der Waals surface area contributed by atoms with Crippen molar-refractivity contribution in [2.75, 3.05) is 26.2 Å². The summed E-state index contributed by atoms with van der Waals surface area (Å²) in [5.74, 6) is -8.57. The number of carboxylic acids is 2. The van der Waals surface area contributed by atoms with Gasteiger partial charge in [-0.05, 0) is 56.8 Å². The Bertz CT molecular complexity index is 1480. The summed E-state index contributed by atoms with van der Waals surface area (Å²) in [6, 6.07) is -7.52. The number of carboxylic acid groups (broad SMARTS) is 2. The number of hydrogen-bond acceptors (Lipinski definition) is 11. The van der Waals surface area contributed by atoms with Crippen molar-refractivity contribution in [3.8, 4) is 0 Å². The maximum Gasteiger partial charge on any atom is 0.326 e. The van der Waals surface area contributed by atoms with Crippen LogP contribution in [0.1, 0.15) is 79.1 Å². The van der Waals surface area contributed by atoms with Gasteiger partial charge in [-0.15, -0.1) is 0 Å². The van der Waals surface area contributed by atoms with Crippen molar-refractivity contribution in [2.45, 2.75) is 115 Å². The van der Waals surface area contributed by atoms with Gasteiger partial charge in [0.1, 0.15) is 36.3 Å². The molecular weight excluding hydrogens is 750 g/mol. The van der Waals surface area contributed by atoms with Crippen LogP contribution in [-0.2, 0) is 38.4 Å². The van der Waals surface area contributed by atoms with Crippen LogP contribution in [0.2, 0.25) is 0 Å². The van der Waals surface area contributed by atoms with Gasteiger partial charge < -0.3 is 70.4 Å². The van der Waals surface area contributed by atoms with Crippen LogP contribution in [0.15, 0.2) is 9.98 Å². The third kappa shape index (κ3) is 17.7. The lowest BCUT2D eigenvalue weighted by Crippen LogP contribution is -2.61. The fourth-order valence-corrected chi connectivity index (χ4v) is 5.89. The third-order valence-electron chi connectivity index (χ3n) is 8.96. The van der Waals surface area contributed by atoms with E-state index in [2.05, 4.69) is 36.6 Å². The molecular formula is C34H61N13O10. The highest BCUT2D eigenvalue weighted by Crippen LogP contribution is 2.18. The SMILES string of the molecule is CC(C)C(NC(=O)C(CCCN=C(N)N)NC(=O)C1CCCN1C(=O)CN)C(=O)NC(C(=O)NC(CCC(=O)O)C(=O)NC(CCCN=C(N)N)C(=O)O)C(C)C. The van der Waals surface area contributed by atoms with Crippen molar-refractivity contribution in [1.29, 1.82) is 0 Å². The molecule has 1 saturated heterocycles. The predicted octanol–water partition coefficient (Wildman–Crippen LogP) is -4.27. The topological polar surface area (TPSA) is 395 Å². The quantitative estimate of drug-likeness (QED) is 0.0236. The van der Waals surface area contributed by atoms with Gasteiger partial charge in [-0.25, -0.2) is 4.79 Å². The first-order valence-corrected chi connectivity index (χ1v) is 18.8. The van der Waals surface area contributed by atoms with Gasteiger partial charge >= 0.3 is 11.9 Å². The highest BCUT2D eigenvalue weighted by atomic mass is 16.4. The second-order valence-corrected chi connectivity index (χ2v) is 14.3. The van der Waals surface area contributed by atoms with Crippen LogP contribution in [0.5, 0.6) is 0 Å². The van der Waals surface area contributed by atoms with Crippen molar-refractivity contribution in [3.63, 3.8) is 0 Å². The summed E-state index contributed by atoms with van der Waals surface area (Å²) in [6.07, 6.45) is 0.333. The predicted molar refractivity (Wildman–Crippen MR) is 207 cm³/mol. The van der Waals surface area contributed by atoms with Gasteiger partial charge in [-0.1, -0.05) is 27.7 Å². The molecule has 0 spiro atoms. The van der Waals surface area contributed by atoms with Gasteiger partial charge in [0.25, 0.3) is 0 Å². The summed E-state index contributed by atoms with van der Waals surface area (Å²) >= 11 is 0. The number of nitrogens with two attached hydrogens (primary N) is 5. The molecule has 0 saturated carbocycles. The monoisotopic (exact) mass is 811 g/mol. The second kappa shape index (κ2) is 24.7. The molecule has 0 aromatic heterocycles. The number of amides is 6. The highest BCUT2D eigenvalue weighted by Gasteiger charge is 2.37. The minimum Gasteiger partial charge on any atom is -0.481 e. The van der Waals surface area contributed by atoms with E-state index in [1.807, 2.05) is 0 Å². The van der Waals surface area contributed by atoms with Crippen molar-refractivity contribution < 1.29 is 48.6 Å². The molecule has 1 heterocycles. The van der Waals surface area contributed by atoms with Gasteiger partial charge in [0.05, 0.1) is 6.54 Å². The van der Waals surface area contributed by atoms with Crippen LogP contribution in [0.4, 0.5) is 0 Å². The number of nitrogens with zero attached hydrogens (tertiary/aromatic N) is 3. The van der Waals surface area contributed by atoms with Crippen LogP contribution < -0.4 is 55.3 Å². The minimum absolute atomic E-state index is 0.0498. The summed E-state index contributed by atoms with van der Waals surface area (Å²) in [4.78, 5) is 112. The number of aliphatic imine (C=N–C) groups is 2. The lowest BCUT2D eigenvalue weighted by Gasteiger charge is -2.30. The van der Waals surface area contributed by atoms with Crippen LogP contribution in [0.25, 0.3) is 0 Å². The smallest absolute Gasteiger partial charge is 0.326 e. The lowest BCUT2D eigenvalue weighted by atomic mass is 9.98. The van der Waals surface area contributed by atoms with E-state index in [-0.39, 0.29) is 57.2 Å². The number of likely N-dealkylation sites (tertiary alicyclic amines) is 1. The molecule has 1 aliphatic heterocycles. The van der Waals surface area contributed by atoms with Crippen LogP contribution >= 0.6 is 0 Å². The second-order valence-electron chi connectivity index (χ2n) is 14.3. The average molecular weight is 812 g/mol. The molecule has 0 radical (unpaired) electrons. The molecule has 1 aliphatic rings. The highest BCUT2D eigenvalue weighted by molar-refractivity contribution is 5.97. The van der Waals surface area contributed by atoms with Gasteiger partial charge in [0, 0.05) is 26.1 Å². The molecule has 0 aliphatic carbocycles. The van der Waals surface area contributed by atoms with Gasteiger partial charge in [0.2, 0.25) is 35.4 Å². The zero-order chi connectivity index (χ0) is 43.4. The van der Waals surface area contributed by atoms with E-state index in [0.29, 0.717) is 19.4 Å². The van der Waals surface area contributed by atoms with E-state index in [1.165, 1.54) is 4.90 Å². The van der Waals surface area contributed by atoms with E-state index >= 15 is 0 Å². The number of guanidine groups is 2. The first kappa shape index (κ1) is 49.3. The molecule has 6 amide bonds. The third-order valence-corrected chi connectivity index (χ3v) is 8.96. The van der Waals surface area contributed by atoms with Crippen molar-refractivity contribution >= 4 is 59.3 Å². The summed E-state index contributed by atoms with van der Waals surface area (Å²) in [6.45, 7) is 6.71. The fourth-order valence-electron chi connectivity index (χ4n) is 5.89. The molecule has 0 aromatic rings. The van der Waals surface area contributed by atoms with E-state index in [1.54, 1.807) is 27.7 Å². The van der Waals surface area contributed by atoms with Gasteiger partial charge in [-0.2, -0.15) is 0 Å². The Labute approximate surface area is 331 Å². The van der Waals surface area contributed by atoms with E-state index < -0.39 is 108 Å². The zero-order valence-corrected chi connectivity index (χ0v) is 33.0.